The molecule has 0 bridgehead atoms. The molecule has 0 amide bonds. The maximum Gasteiger partial charge on any atom is 0.150 e. The minimum Gasteiger partial charge on any atom is -0.489 e. The van der Waals surface area contributed by atoms with Crippen LogP contribution in [0.15, 0.2) is 30.3 Å². The summed E-state index contributed by atoms with van der Waals surface area (Å²) in [6, 6.07) is 9.89. The second kappa shape index (κ2) is 6.34. The van der Waals surface area contributed by atoms with Gasteiger partial charge in [-0.3, -0.25) is 4.79 Å². The molecule has 0 N–H and O–H groups in total. The summed E-state index contributed by atoms with van der Waals surface area (Å²) in [6.45, 7) is 2.32. The Bertz CT molecular complexity index is 658. The fraction of sp³-hybridized carbons (Fsp3) is 0.389. The molecule has 1 aliphatic carbocycles. The van der Waals surface area contributed by atoms with Crippen LogP contribution in [0.3, 0.4) is 0 Å². The summed E-state index contributed by atoms with van der Waals surface area (Å²) in [6.07, 6.45) is 6.06. The zero-order valence-electron chi connectivity index (χ0n) is 12.1. The van der Waals surface area contributed by atoms with Gasteiger partial charge in [0.25, 0.3) is 0 Å². The minimum atomic E-state index is 0.349. The monoisotopic (exact) mass is 394 g/mol. The van der Waals surface area contributed by atoms with Crippen LogP contribution >= 0.6 is 22.6 Å². The molecule has 3 heteroatoms. The number of rotatable bonds is 3. The van der Waals surface area contributed by atoms with E-state index in [0.717, 1.165) is 45.1 Å². The number of hydrogen-bond acceptors (Lipinski definition) is 2. The Kier molecular flexibility index (Phi) is 4.48. The summed E-state index contributed by atoms with van der Waals surface area (Å²) in [5, 5.41) is 2.25. The second-order valence-corrected chi connectivity index (χ2v) is 7.05. The average Bonchev–Trinajstić information content (AvgIpc) is 2.52. The third-order valence-electron chi connectivity index (χ3n) is 4.34. The Hall–Kier alpha value is -1.10. The van der Waals surface area contributed by atoms with Crippen LogP contribution in [0.4, 0.5) is 0 Å². The molecule has 0 radical (unpaired) electrons. The summed E-state index contributed by atoms with van der Waals surface area (Å²) in [7, 11) is 0. The molecule has 1 fully saturated rings. The van der Waals surface area contributed by atoms with E-state index in [9.17, 15) is 4.79 Å². The smallest absolute Gasteiger partial charge is 0.150 e. The summed E-state index contributed by atoms with van der Waals surface area (Å²) >= 11 is 2.35. The first-order valence-electron chi connectivity index (χ1n) is 7.51. The average molecular weight is 394 g/mol. The Balaban J connectivity index is 1.86. The van der Waals surface area contributed by atoms with Crippen LogP contribution in [0.1, 0.15) is 43.0 Å². The molecule has 110 valence electrons. The fourth-order valence-corrected chi connectivity index (χ4v) is 3.78. The molecular weight excluding hydrogens is 375 g/mol. The van der Waals surface area contributed by atoms with Crippen molar-refractivity contribution in [2.24, 2.45) is 5.92 Å². The van der Waals surface area contributed by atoms with E-state index in [1.807, 2.05) is 30.3 Å². The molecule has 2 aromatic rings. The Morgan fingerprint density at radius 1 is 1.14 bits per heavy atom. The third-order valence-corrected chi connectivity index (χ3v) is 5.45. The lowest BCUT2D eigenvalue weighted by molar-refractivity contribution is 0.112. The first kappa shape index (κ1) is 14.8. The van der Waals surface area contributed by atoms with Crippen molar-refractivity contribution in [1.29, 1.82) is 0 Å². The zero-order valence-corrected chi connectivity index (χ0v) is 14.3. The van der Waals surface area contributed by atoms with Crippen molar-refractivity contribution >= 4 is 39.6 Å². The molecule has 0 saturated heterocycles. The molecule has 3 rings (SSSR count). The lowest BCUT2D eigenvalue weighted by Crippen LogP contribution is -2.23. The molecule has 0 spiro atoms. The molecule has 1 aliphatic rings. The first-order valence-corrected chi connectivity index (χ1v) is 8.59. The van der Waals surface area contributed by atoms with Gasteiger partial charge in [-0.25, -0.2) is 0 Å². The van der Waals surface area contributed by atoms with Gasteiger partial charge in [-0.05, 0) is 77.1 Å². The van der Waals surface area contributed by atoms with Gasteiger partial charge in [-0.1, -0.05) is 25.1 Å². The van der Waals surface area contributed by atoms with Gasteiger partial charge >= 0.3 is 0 Å². The topological polar surface area (TPSA) is 26.3 Å². The Morgan fingerprint density at radius 3 is 2.62 bits per heavy atom. The van der Waals surface area contributed by atoms with E-state index in [1.54, 1.807) is 0 Å². The van der Waals surface area contributed by atoms with Gasteiger partial charge in [0.05, 0.1) is 9.67 Å². The van der Waals surface area contributed by atoms with Crippen molar-refractivity contribution in [3.63, 3.8) is 0 Å². The van der Waals surface area contributed by atoms with Crippen LogP contribution in [-0.2, 0) is 0 Å². The van der Waals surface area contributed by atoms with Gasteiger partial charge in [0.2, 0.25) is 0 Å². The maximum absolute atomic E-state index is 10.9. The van der Waals surface area contributed by atoms with Crippen molar-refractivity contribution in [2.45, 2.75) is 38.7 Å². The van der Waals surface area contributed by atoms with E-state index in [0.29, 0.717) is 11.7 Å². The van der Waals surface area contributed by atoms with Gasteiger partial charge in [0, 0.05) is 5.56 Å². The molecule has 0 heterocycles. The SMILES string of the molecule is C[C@H]1CC[C@@H](Oc2ccc3cc(C=O)ccc3c2I)CC1. The molecule has 0 aliphatic heterocycles. The quantitative estimate of drug-likeness (QED) is 0.528. The summed E-state index contributed by atoms with van der Waals surface area (Å²) in [5.41, 5.74) is 0.716. The van der Waals surface area contributed by atoms with E-state index in [4.69, 9.17) is 4.74 Å². The highest BCUT2D eigenvalue weighted by molar-refractivity contribution is 14.1. The van der Waals surface area contributed by atoms with Crippen molar-refractivity contribution < 1.29 is 9.53 Å². The molecular formula is C18H19IO2. The van der Waals surface area contributed by atoms with E-state index >= 15 is 0 Å². The van der Waals surface area contributed by atoms with E-state index in [-0.39, 0.29) is 0 Å². The minimum absolute atomic E-state index is 0.349. The lowest BCUT2D eigenvalue weighted by atomic mass is 9.89. The van der Waals surface area contributed by atoms with E-state index < -0.39 is 0 Å². The van der Waals surface area contributed by atoms with Crippen LogP contribution in [0.2, 0.25) is 0 Å². The number of carbonyl (C=O) groups excluding carboxylic acids is 1. The zero-order chi connectivity index (χ0) is 14.8. The van der Waals surface area contributed by atoms with Gasteiger partial charge in [-0.2, -0.15) is 0 Å². The fourth-order valence-electron chi connectivity index (χ4n) is 2.98. The normalized spacial score (nSPS) is 22.2. The van der Waals surface area contributed by atoms with Crippen molar-refractivity contribution in [2.75, 3.05) is 0 Å². The number of halogens is 1. The van der Waals surface area contributed by atoms with Gasteiger partial charge < -0.3 is 4.74 Å². The van der Waals surface area contributed by atoms with Crippen LogP contribution in [0, 0.1) is 9.49 Å². The maximum atomic E-state index is 10.9. The van der Waals surface area contributed by atoms with Crippen molar-refractivity contribution in [3.8, 4) is 5.75 Å². The number of ether oxygens (including phenoxy) is 1. The predicted molar refractivity (Wildman–Crippen MR) is 94.1 cm³/mol. The highest BCUT2D eigenvalue weighted by atomic mass is 127. The standard InChI is InChI=1S/C18H19IO2/c1-12-2-6-15(7-3-12)21-17-9-5-14-10-13(11-20)4-8-16(14)18(17)19/h4-5,8-12,15H,2-3,6-7H2,1H3/t12-,15+. The summed E-state index contributed by atoms with van der Waals surface area (Å²) in [5.74, 6) is 1.81. The Morgan fingerprint density at radius 2 is 1.90 bits per heavy atom. The molecule has 2 aromatic carbocycles. The van der Waals surface area contributed by atoms with Gasteiger partial charge in [0.1, 0.15) is 12.0 Å². The van der Waals surface area contributed by atoms with Crippen molar-refractivity contribution in [1.82, 2.24) is 0 Å². The molecule has 2 nitrogen and oxygen atoms in total. The number of aldehydes is 1. The number of fused-ring (bicyclic) bond motifs is 1. The highest BCUT2D eigenvalue weighted by Gasteiger charge is 2.20. The molecule has 0 unspecified atom stereocenters. The van der Waals surface area contributed by atoms with Gasteiger partial charge in [0.15, 0.2) is 0 Å². The third kappa shape index (κ3) is 3.23. The van der Waals surface area contributed by atoms with Crippen LogP contribution in [-0.4, -0.2) is 12.4 Å². The summed E-state index contributed by atoms with van der Waals surface area (Å²) in [4.78, 5) is 10.9. The number of hydrogen-bond donors (Lipinski definition) is 0. The van der Waals surface area contributed by atoms with Crippen LogP contribution < -0.4 is 4.74 Å². The second-order valence-electron chi connectivity index (χ2n) is 5.98. The molecule has 21 heavy (non-hydrogen) atoms. The largest absolute Gasteiger partial charge is 0.489 e. The molecule has 0 aromatic heterocycles. The van der Waals surface area contributed by atoms with E-state index in [1.165, 1.54) is 12.8 Å². The van der Waals surface area contributed by atoms with Crippen LogP contribution in [0.25, 0.3) is 10.8 Å². The Labute approximate surface area is 139 Å². The van der Waals surface area contributed by atoms with Gasteiger partial charge in [-0.15, -0.1) is 0 Å². The number of benzene rings is 2. The number of carbonyl (C=O) groups is 1. The first-order chi connectivity index (χ1) is 10.2. The highest BCUT2D eigenvalue weighted by Crippen LogP contribution is 2.33. The van der Waals surface area contributed by atoms with Crippen LogP contribution in [0.5, 0.6) is 5.75 Å². The summed E-state index contributed by atoms with van der Waals surface area (Å²) < 4.78 is 7.36. The van der Waals surface area contributed by atoms with Crippen molar-refractivity contribution in [3.05, 3.63) is 39.5 Å². The predicted octanol–water partition coefficient (Wildman–Crippen LogP) is 5.21. The van der Waals surface area contributed by atoms with E-state index in [2.05, 4.69) is 29.5 Å². The lowest BCUT2D eigenvalue weighted by Gasteiger charge is -2.27. The molecule has 0 atom stereocenters. The molecule has 1 saturated carbocycles.